The molecule has 1 N–H and O–H groups in total. The number of hydrogen-bond acceptors (Lipinski definition) is 12. The van der Waals surface area contributed by atoms with E-state index in [9.17, 15) is 39.4 Å². The number of esters is 1. The van der Waals surface area contributed by atoms with E-state index in [1.165, 1.54) is 43.3 Å². The summed E-state index contributed by atoms with van der Waals surface area (Å²) in [4.78, 5) is 64.3. The number of benzene rings is 2. The van der Waals surface area contributed by atoms with Crippen molar-refractivity contribution in [1.82, 2.24) is 0 Å². The monoisotopic (exact) mass is 664 g/mol. The van der Waals surface area contributed by atoms with Crippen molar-refractivity contribution in [2.24, 2.45) is 0 Å². The van der Waals surface area contributed by atoms with E-state index in [-0.39, 0.29) is 17.3 Å². The summed E-state index contributed by atoms with van der Waals surface area (Å²) in [5.74, 6) is -2.36. The molecular formula is C32H44N2O13. The Kier molecular flexibility index (Phi) is 15.7. The van der Waals surface area contributed by atoms with Gasteiger partial charge in [0.05, 0.1) is 21.7 Å². The number of rotatable bonds is 6. The first kappa shape index (κ1) is 41.9. The molecule has 2 aromatic rings. The molecule has 2 rings (SSSR count). The van der Waals surface area contributed by atoms with Gasteiger partial charge in [0.2, 0.25) is 0 Å². The molecule has 0 saturated carbocycles. The first-order valence-corrected chi connectivity index (χ1v) is 14.3. The molecule has 15 heteroatoms. The number of hydrogen-bond donors (Lipinski definition) is 1. The average molecular weight is 665 g/mol. The van der Waals surface area contributed by atoms with Crippen LogP contribution in [0.1, 0.15) is 99.1 Å². The zero-order chi connectivity index (χ0) is 36.9. The van der Waals surface area contributed by atoms with Gasteiger partial charge in [-0.3, -0.25) is 29.8 Å². The van der Waals surface area contributed by atoms with Crippen LogP contribution in [0.4, 0.5) is 21.0 Å². The van der Waals surface area contributed by atoms with E-state index in [1.54, 1.807) is 81.4 Å². The van der Waals surface area contributed by atoms with E-state index < -0.39 is 56.8 Å². The average Bonchev–Trinajstić information content (AvgIpc) is 2.89. The van der Waals surface area contributed by atoms with Gasteiger partial charge in [0.15, 0.2) is 0 Å². The van der Waals surface area contributed by atoms with Gasteiger partial charge in [-0.15, -0.1) is 0 Å². The van der Waals surface area contributed by atoms with Crippen molar-refractivity contribution in [3.8, 4) is 0 Å². The van der Waals surface area contributed by atoms with Crippen LogP contribution in [0.3, 0.4) is 0 Å². The minimum Gasteiger partial charge on any atom is -0.481 e. The zero-order valence-corrected chi connectivity index (χ0v) is 28.5. The van der Waals surface area contributed by atoms with Crippen LogP contribution in [0.15, 0.2) is 48.5 Å². The van der Waals surface area contributed by atoms with E-state index in [1.807, 2.05) is 0 Å². The highest BCUT2D eigenvalue weighted by Gasteiger charge is 2.25. The fourth-order valence-electron chi connectivity index (χ4n) is 3.05. The summed E-state index contributed by atoms with van der Waals surface area (Å²) in [6.45, 7) is 18.7. The fourth-order valence-corrected chi connectivity index (χ4v) is 3.05. The van der Waals surface area contributed by atoms with E-state index in [4.69, 9.17) is 19.3 Å². The molecule has 0 aliphatic rings. The summed E-state index contributed by atoms with van der Waals surface area (Å²) in [5, 5.41) is 29.5. The van der Waals surface area contributed by atoms with E-state index >= 15 is 0 Å². The summed E-state index contributed by atoms with van der Waals surface area (Å²) in [7, 11) is 0. The number of carboxylic acid groups (broad SMARTS) is 1. The van der Waals surface area contributed by atoms with Crippen LogP contribution in [0.5, 0.6) is 0 Å². The van der Waals surface area contributed by atoms with Crippen LogP contribution >= 0.6 is 0 Å². The molecule has 2 aromatic carbocycles. The maximum atomic E-state index is 11.8. The maximum absolute atomic E-state index is 11.8. The first-order valence-electron chi connectivity index (χ1n) is 14.3. The molecule has 260 valence electrons. The van der Waals surface area contributed by atoms with Crippen molar-refractivity contribution < 1.29 is 53.1 Å². The Morgan fingerprint density at radius 2 is 0.894 bits per heavy atom. The van der Waals surface area contributed by atoms with Crippen molar-refractivity contribution in [3.63, 3.8) is 0 Å². The minimum absolute atomic E-state index is 0.00939. The van der Waals surface area contributed by atoms with Gasteiger partial charge in [0.1, 0.15) is 16.8 Å². The molecule has 2 unspecified atom stereocenters. The van der Waals surface area contributed by atoms with Crippen LogP contribution in [-0.4, -0.2) is 56.0 Å². The largest absolute Gasteiger partial charge is 0.519 e. The molecule has 0 heterocycles. The fraction of sp³-hybridized carbons (Fsp3) is 0.500. The van der Waals surface area contributed by atoms with Crippen molar-refractivity contribution >= 4 is 35.6 Å². The van der Waals surface area contributed by atoms with E-state index in [0.717, 1.165) is 0 Å². The third-order valence-corrected chi connectivity index (χ3v) is 5.28. The second-order valence-corrected chi connectivity index (χ2v) is 13.0. The molecule has 0 radical (unpaired) electrons. The molecule has 0 bridgehead atoms. The molecule has 0 aliphatic heterocycles. The number of nitrogens with zero attached hydrogens (tertiary/aromatic N) is 2. The lowest BCUT2D eigenvalue weighted by Crippen LogP contribution is -2.29. The molecule has 2 atom stereocenters. The molecule has 0 saturated heterocycles. The lowest BCUT2D eigenvalue weighted by molar-refractivity contribution is -0.385. The number of carboxylic acids is 1. The smallest absolute Gasteiger partial charge is 0.481 e. The summed E-state index contributed by atoms with van der Waals surface area (Å²) < 4.78 is 19.1. The SMILES string of the molecule is CC(C(=O)O)c1ccc([N+](=O)[O-])cc1.CC(C(=O)OC(C)(C)C)c1ccc([N+](=O)[O-])cc1.CC(C)(C)OC(=O)OC(=O)OC(C)(C)C. The van der Waals surface area contributed by atoms with Crippen LogP contribution in [0.25, 0.3) is 0 Å². The summed E-state index contributed by atoms with van der Waals surface area (Å²) in [6, 6.07) is 11.4. The highest BCUT2D eigenvalue weighted by Crippen LogP contribution is 2.23. The number of aliphatic carboxylic acids is 1. The highest BCUT2D eigenvalue weighted by molar-refractivity contribution is 5.78. The molecule has 15 nitrogen and oxygen atoms in total. The lowest BCUT2D eigenvalue weighted by atomic mass is 10.0. The lowest BCUT2D eigenvalue weighted by Gasteiger charge is -2.22. The molecular weight excluding hydrogens is 620 g/mol. The van der Waals surface area contributed by atoms with Gasteiger partial charge in [0.25, 0.3) is 11.4 Å². The first-order chi connectivity index (χ1) is 21.2. The number of ether oxygens (including phenoxy) is 4. The number of carbonyl (C=O) groups is 4. The standard InChI is InChI=1S/C13H17NO4.C10H18O5.C9H9NO4/c1-9(12(15)18-13(2,3)4)10-5-7-11(8-6-10)14(16)17;1-9(2,3)14-7(11)13-8(12)15-10(4,5)6;1-6(9(11)12)7-2-4-8(5-3-7)10(13)14/h5-9H,1-4H3;1-6H3;2-6H,1H3,(H,11,12). The molecule has 0 fully saturated rings. The Morgan fingerprint density at radius 1 is 0.596 bits per heavy atom. The van der Waals surface area contributed by atoms with Gasteiger partial charge < -0.3 is 24.1 Å². The Morgan fingerprint density at radius 3 is 1.15 bits per heavy atom. The van der Waals surface area contributed by atoms with Gasteiger partial charge >= 0.3 is 24.2 Å². The Balaban J connectivity index is 0.000000682. The highest BCUT2D eigenvalue weighted by atomic mass is 16.8. The van der Waals surface area contributed by atoms with Crippen LogP contribution in [0, 0.1) is 20.2 Å². The maximum Gasteiger partial charge on any atom is 0.519 e. The molecule has 0 amide bonds. The summed E-state index contributed by atoms with van der Waals surface area (Å²) in [5.41, 5.74) is -0.691. The summed E-state index contributed by atoms with van der Waals surface area (Å²) in [6.07, 6.45) is -2.12. The Bertz CT molecular complexity index is 1360. The van der Waals surface area contributed by atoms with E-state index in [0.29, 0.717) is 11.1 Å². The normalized spacial score (nSPS) is 12.3. The number of non-ortho nitro benzene ring substituents is 2. The van der Waals surface area contributed by atoms with E-state index in [2.05, 4.69) is 4.74 Å². The Hall–Kier alpha value is -5.08. The number of nitro groups is 2. The third kappa shape index (κ3) is 18.5. The van der Waals surface area contributed by atoms with Crippen LogP contribution in [0.2, 0.25) is 0 Å². The predicted octanol–water partition coefficient (Wildman–Crippen LogP) is 7.70. The van der Waals surface area contributed by atoms with Crippen molar-refractivity contribution in [1.29, 1.82) is 0 Å². The van der Waals surface area contributed by atoms with Gasteiger partial charge in [-0.25, -0.2) is 9.59 Å². The second kappa shape index (κ2) is 17.6. The Labute approximate surface area is 273 Å². The minimum atomic E-state index is -1.06. The zero-order valence-electron chi connectivity index (χ0n) is 28.5. The molecule has 0 spiro atoms. The van der Waals surface area contributed by atoms with Gasteiger partial charge in [-0.05, 0) is 87.3 Å². The van der Waals surface area contributed by atoms with Gasteiger partial charge in [-0.2, -0.15) is 0 Å². The van der Waals surface area contributed by atoms with Gasteiger partial charge in [-0.1, -0.05) is 24.3 Å². The topological polar surface area (TPSA) is 212 Å². The number of nitro benzene ring substituents is 2. The third-order valence-electron chi connectivity index (χ3n) is 5.28. The quantitative estimate of drug-likeness (QED) is 0.103. The predicted molar refractivity (Wildman–Crippen MR) is 170 cm³/mol. The second-order valence-electron chi connectivity index (χ2n) is 13.0. The van der Waals surface area contributed by atoms with Crippen LogP contribution in [-0.2, 0) is 28.5 Å². The summed E-state index contributed by atoms with van der Waals surface area (Å²) >= 11 is 0. The number of carbonyl (C=O) groups excluding carboxylic acids is 3. The van der Waals surface area contributed by atoms with Crippen molar-refractivity contribution in [3.05, 3.63) is 79.9 Å². The molecule has 0 aliphatic carbocycles. The van der Waals surface area contributed by atoms with Crippen molar-refractivity contribution in [2.45, 2.75) is 105 Å². The van der Waals surface area contributed by atoms with Crippen molar-refractivity contribution in [2.75, 3.05) is 0 Å². The van der Waals surface area contributed by atoms with Crippen LogP contribution < -0.4 is 0 Å². The molecule has 47 heavy (non-hydrogen) atoms. The van der Waals surface area contributed by atoms with Gasteiger partial charge in [0, 0.05) is 24.3 Å². The molecule has 0 aromatic heterocycles.